The van der Waals surface area contributed by atoms with E-state index in [1.54, 1.807) is 11.3 Å². The molecule has 27 heavy (non-hydrogen) atoms. The van der Waals surface area contributed by atoms with Gasteiger partial charge in [0.25, 0.3) is 0 Å². The fourth-order valence-corrected chi connectivity index (χ4v) is 5.02. The van der Waals surface area contributed by atoms with Gasteiger partial charge in [-0.25, -0.2) is 14.8 Å². The number of rotatable bonds is 6. The highest BCUT2D eigenvalue weighted by molar-refractivity contribution is 7.99. The molecule has 9 heteroatoms. The van der Waals surface area contributed by atoms with Crippen LogP contribution in [0.1, 0.15) is 43.6 Å². The van der Waals surface area contributed by atoms with E-state index in [1.807, 2.05) is 0 Å². The van der Waals surface area contributed by atoms with Gasteiger partial charge in [-0.2, -0.15) is 0 Å². The first-order valence-corrected chi connectivity index (χ1v) is 11.0. The number of amides is 3. The molecule has 146 valence electrons. The summed E-state index contributed by atoms with van der Waals surface area (Å²) >= 11 is 2.86. The van der Waals surface area contributed by atoms with Gasteiger partial charge in [-0.3, -0.25) is 10.1 Å². The summed E-state index contributed by atoms with van der Waals surface area (Å²) in [6.07, 6.45) is 5.35. The number of nitrogens with zero attached hydrogens (tertiary/aromatic N) is 2. The molecule has 0 aromatic carbocycles. The molecule has 2 aromatic rings. The number of thiophene rings is 1. The second kappa shape index (κ2) is 8.88. The van der Waals surface area contributed by atoms with Crippen molar-refractivity contribution in [1.29, 1.82) is 0 Å². The van der Waals surface area contributed by atoms with Gasteiger partial charge in [0, 0.05) is 11.4 Å². The molecule has 0 spiro atoms. The number of nitrogens with two attached hydrogens (primary N) is 1. The number of hydrogen-bond acceptors (Lipinski definition) is 7. The summed E-state index contributed by atoms with van der Waals surface area (Å²) in [6.45, 7) is 4.70. The number of anilines is 1. The minimum atomic E-state index is -0.469. The maximum Gasteiger partial charge on any atom is 0.321 e. The van der Waals surface area contributed by atoms with Crippen LogP contribution in [0.15, 0.2) is 5.16 Å². The van der Waals surface area contributed by atoms with Crippen molar-refractivity contribution in [3.63, 3.8) is 0 Å². The van der Waals surface area contributed by atoms with Gasteiger partial charge in [-0.15, -0.1) is 11.3 Å². The Morgan fingerprint density at radius 3 is 2.81 bits per heavy atom. The van der Waals surface area contributed by atoms with Crippen LogP contribution in [-0.4, -0.2) is 34.2 Å². The first-order chi connectivity index (χ1) is 12.9. The number of fused-ring (bicyclic) bond motifs is 3. The molecule has 0 aliphatic heterocycles. The Morgan fingerprint density at radius 2 is 2.04 bits per heavy atom. The number of hydrogen-bond donors (Lipinski definition) is 3. The first-order valence-electron chi connectivity index (χ1n) is 9.22. The Balaban J connectivity index is 1.57. The van der Waals surface area contributed by atoms with Gasteiger partial charge in [0.2, 0.25) is 5.91 Å². The quantitative estimate of drug-likeness (QED) is 0.501. The molecule has 3 amide bonds. The lowest BCUT2D eigenvalue weighted by Gasteiger charge is -2.10. The molecular formula is C18H25N5O2S2. The van der Waals surface area contributed by atoms with E-state index in [0.717, 1.165) is 29.5 Å². The van der Waals surface area contributed by atoms with Gasteiger partial charge >= 0.3 is 6.03 Å². The van der Waals surface area contributed by atoms with E-state index in [9.17, 15) is 9.59 Å². The summed E-state index contributed by atoms with van der Waals surface area (Å²) in [7, 11) is 0. The zero-order valence-electron chi connectivity index (χ0n) is 15.6. The molecule has 1 aliphatic carbocycles. The first kappa shape index (κ1) is 19.9. The number of urea groups is 1. The molecule has 4 N–H and O–H groups in total. The van der Waals surface area contributed by atoms with Crippen LogP contribution in [0.2, 0.25) is 0 Å². The van der Waals surface area contributed by atoms with Crippen LogP contribution in [0, 0.1) is 5.92 Å². The molecule has 0 atom stereocenters. The van der Waals surface area contributed by atoms with Crippen LogP contribution in [-0.2, 0) is 17.6 Å². The monoisotopic (exact) mass is 407 g/mol. The van der Waals surface area contributed by atoms with E-state index in [2.05, 4.69) is 34.4 Å². The van der Waals surface area contributed by atoms with Crippen molar-refractivity contribution in [2.24, 2.45) is 5.92 Å². The van der Waals surface area contributed by atoms with Crippen LogP contribution < -0.4 is 16.4 Å². The summed E-state index contributed by atoms with van der Waals surface area (Å²) in [4.78, 5) is 34.8. The van der Waals surface area contributed by atoms with Crippen LogP contribution in [0.5, 0.6) is 0 Å². The van der Waals surface area contributed by atoms with E-state index < -0.39 is 6.03 Å². The molecule has 0 radical (unpaired) electrons. The predicted octanol–water partition coefficient (Wildman–Crippen LogP) is 3.12. The summed E-state index contributed by atoms with van der Waals surface area (Å²) < 4.78 is 0. The average Bonchev–Trinajstić information content (AvgIpc) is 2.98. The summed E-state index contributed by atoms with van der Waals surface area (Å²) in [5, 5.41) is 6.44. The minimum absolute atomic E-state index is 0.0631. The van der Waals surface area contributed by atoms with Crippen LogP contribution in [0.25, 0.3) is 10.2 Å². The standard InChI is InChI=1S/C18H25N5O2S2/c1-10(2)7-8-20-17(25)21-13(24)9-26-18-22-15(19)14-11-5-3-4-6-12(11)27-16(14)23-18/h10H,3-9H2,1-2H3,(H2,19,22,23)(H2,20,21,24,25). The number of imide groups is 1. The Hall–Kier alpha value is -1.87. The average molecular weight is 408 g/mol. The van der Waals surface area contributed by atoms with E-state index in [1.165, 1.54) is 35.0 Å². The molecule has 0 bridgehead atoms. The Morgan fingerprint density at radius 1 is 1.26 bits per heavy atom. The SMILES string of the molecule is CC(C)CCNC(=O)NC(=O)CSc1nc(N)c2c3c(sc2n1)CCCC3. The third-order valence-corrected chi connectivity index (χ3v) is 6.45. The Bertz CT molecular complexity index is 850. The van der Waals surface area contributed by atoms with Crippen molar-refractivity contribution < 1.29 is 9.59 Å². The van der Waals surface area contributed by atoms with Crippen molar-refractivity contribution in [3.8, 4) is 0 Å². The van der Waals surface area contributed by atoms with Crippen LogP contribution >= 0.6 is 23.1 Å². The van der Waals surface area contributed by atoms with Gasteiger partial charge in [-0.1, -0.05) is 25.6 Å². The van der Waals surface area contributed by atoms with E-state index in [0.29, 0.717) is 23.4 Å². The second-order valence-corrected chi connectivity index (χ2v) is 9.08. The fraction of sp³-hybridized carbons (Fsp3) is 0.556. The number of nitrogens with one attached hydrogen (secondary N) is 2. The number of carbonyl (C=O) groups excluding carboxylic acids is 2. The van der Waals surface area contributed by atoms with Crippen molar-refractivity contribution in [2.75, 3.05) is 18.0 Å². The third kappa shape index (κ3) is 5.10. The molecule has 0 saturated heterocycles. The van der Waals surface area contributed by atoms with Gasteiger partial charge in [0.05, 0.1) is 11.1 Å². The minimum Gasteiger partial charge on any atom is -0.383 e. The molecule has 7 nitrogen and oxygen atoms in total. The van der Waals surface area contributed by atoms with Crippen LogP contribution in [0.3, 0.4) is 0 Å². The molecular weight excluding hydrogens is 382 g/mol. The summed E-state index contributed by atoms with van der Waals surface area (Å²) in [6, 6.07) is -0.469. The Labute approximate surface area is 166 Å². The molecule has 1 aliphatic rings. The maximum atomic E-state index is 12.0. The van der Waals surface area contributed by atoms with Crippen molar-refractivity contribution in [3.05, 3.63) is 10.4 Å². The smallest absolute Gasteiger partial charge is 0.321 e. The second-order valence-electron chi connectivity index (χ2n) is 7.06. The molecule has 2 heterocycles. The summed E-state index contributed by atoms with van der Waals surface area (Å²) in [5.74, 6) is 0.661. The van der Waals surface area contributed by atoms with E-state index in [-0.39, 0.29) is 11.7 Å². The maximum absolute atomic E-state index is 12.0. The lowest BCUT2D eigenvalue weighted by molar-refractivity contribution is -0.117. The highest BCUT2D eigenvalue weighted by Crippen LogP contribution is 2.38. The fourth-order valence-electron chi connectivity index (χ4n) is 3.04. The van der Waals surface area contributed by atoms with E-state index >= 15 is 0 Å². The Kier molecular flexibility index (Phi) is 6.54. The normalized spacial score (nSPS) is 13.6. The number of aryl methyl sites for hydroxylation is 2. The van der Waals surface area contributed by atoms with Crippen molar-refractivity contribution in [2.45, 2.75) is 51.1 Å². The van der Waals surface area contributed by atoms with Crippen molar-refractivity contribution in [1.82, 2.24) is 20.6 Å². The number of aromatic nitrogens is 2. The number of thioether (sulfide) groups is 1. The lowest BCUT2D eigenvalue weighted by Crippen LogP contribution is -2.40. The molecule has 0 saturated carbocycles. The zero-order valence-corrected chi connectivity index (χ0v) is 17.3. The van der Waals surface area contributed by atoms with Gasteiger partial charge in [-0.05, 0) is 43.6 Å². The zero-order chi connectivity index (χ0) is 19.4. The number of nitrogen functional groups attached to an aromatic ring is 1. The number of carbonyl (C=O) groups is 2. The molecule has 0 fully saturated rings. The van der Waals surface area contributed by atoms with Gasteiger partial charge < -0.3 is 11.1 Å². The molecule has 0 unspecified atom stereocenters. The molecule has 2 aromatic heterocycles. The highest BCUT2D eigenvalue weighted by Gasteiger charge is 2.20. The largest absolute Gasteiger partial charge is 0.383 e. The van der Waals surface area contributed by atoms with Gasteiger partial charge in [0.15, 0.2) is 5.16 Å². The van der Waals surface area contributed by atoms with Crippen molar-refractivity contribution >= 4 is 51.1 Å². The van der Waals surface area contributed by atoms with E-state index in [4.69, 9.17) is 5.73 Å². The molecule has 3 rings (SSSR count). The summed E-state index contributed by atoms with van der Waals surface area (Å²) in [5.41, 5.74) is 7.47. The third-order valence-electron chi connectivity index (χ3n) is 4.41. The lowest BCUT2D eigenvalue weighted by atomic mass is 9.97. The predicted molar refractivity (Wildman–Crippen MR) is 110 cm³/mol. The van der Waals surface area contributed by atoms with Gasteiger partial charge in [0.1, 0.15) is 10.6 Å². The topological polar surface area (TPSA) is 110 Å². The highest BCUT2D eigenvalue weighted by atomic mass is 32.2. The van der Waals surface area contributed by atoms with Crippen LogP contribution in [0.4, 0.5) is 10.6 Å².